The lowest BCUT2D eigenvalue weighted by molar-refractivity contribution is 0.669. The molecular weight excluding hydrogens is 703 g/mol. The fourth-order valence-corrected chi connectivity index (χ4v) is 8.95. The third kappa shape index (κ3) is 5.56. The van der Waals surface area contributed by atoms with Crippen LogP contribution in [0.3, 0.4) is 0 Å². The second kappa shape index (κ2) is 13.3. The van der Waals surface area contributed by atoms with Crippen LogP contribution in [0.15, 0.2) is 192 Å². The van der Waals surface area contributed by atoms with E-state index in [9.17, 15) is 0 Å². The Bertz CT molecular complexity index is 3230. The van der Waals surface area contributed by atoms with Crippen LogP contribution in [0.1, 0.15) is 0 Å². The number of nitrogens with zero attached hydrogens (tertiary/aromatic N) is 3. The van der Waals surface area contributed by atoms with Crippen molar-refractivity contribution in [3.05, 3.63) is 188 Å². The molecule has 5 heteroatoms. The Balaban J connectivity index is 1.06. The number of benzene rings is 8. The first-order valence-corrected chi connectivity index (χ1v) is 19.5. The van der Waals surface area contributed by atoms with Crippen LogP contribution in [-0.4, -0.2) is 15.0 Å². The van der Waals surface area contributed by atoms with Crippen molar-refractivity contribution in [2.45, 2.75) is 0 Å². The molecule has 0 bridgehead atoms. The van der Waals surface area contributed by atoms with Gasteiger partial charge in [0.15, 0.2) is 17.5 Å². The normalized spacial score (nSPS) is 11.6. The molecule has 0 spiro atoms. The number of furan rings is 1. The van der Waals surface area contributed by atoms with Crippen molar-refractivity contribution in [3.63, 3.8) is 0 Å². The second-order valence-electron chi connectivity index (χ2n) is 14.0. The molecule has 0 amide bonds. The van der Waals surface area contributed by atoms with Crippen LogP contribution in [0.5, 0.6) is 0 Å². The lowest BCUT2D eigenvalue weighted by Crippen LogP contribution is -2.00. The maximum atomic E-state index is 6.50. The zero-order valence-electron chi connectivity index (χ0n) is 30.1. The van der Waals surface area contributed by atoms with Crippen LogP contribution in [0.2, 0.25) is 0 Å². The lowest BCUT2D eigenvalue weighted by atomic mass is 9.96. The molecule has 11 rings (SSSR count). The van der Waals surface area contributed by atoms with Crippen LogP contribution in [-0.2, 0) is 0 Å². The number of thiophene rings is 1. The van der Waals surface area contributed by atoms with Crippen LogP contribution < -0.4 is 0 Å². The molecule has 4 nitrogen and oxygen atoms in total. The monoisotopic (exact) mass is 733 g/mol. The molecular formula is C51H31N3OS. The molecule has 262 valence electrons. The van der Waals surface area contributed by atoms with E-state index in [1.807, 2.05) is 59.9 Å². The fourth-order valence-electron chi connectivity index (χ4n) is 7.84. The minimum Gasteiger partial charge on any atom is -0.456 e. The van der Waals surface area contributed by atoms with Gasteiger partial charge in [-0.1, -0.05) is 152 Å². The molecule has 0 atom stereocenters. The molecule has 8 aromatic carbocycles. The lowest BCUT2D eigenvalue weighted by Gasteiger charge is -2.10. The predicted octanol–water partition coefficient (Wildman–Crippen LogP) is 14.1. The van der Waals surface area contributed by atoms with Crippen molar-refractivity contribution >= 4 is 53.4 Å². The zero-order chi connectivity index (χ0) is 37.0. The molecule has 0 aliphatic heterocycles. The van der Waals surface area contributed by atoms with Crippen molar-refractivity contribution in [2.75, 3.05) is 0 Å². The minimum absolute atomic E-state index is 0.597. The Kier molecular flexibility index (Phi) is 7.64. The molecule has 0 N–H and O–H groups in total. The number of fused-ring (bicyclic) bond motifs is 6. The SMILES string of the molecule is c1ccc(-c2ccc(-c3nc(-c4ccccc4)nc(-c4cccc5oc6ccc(-c7ccc8sc9cccc(-c%10ccccc%10)c9c8c7)cc6c45)n3)cc2)cc1. The molecule has 0 saturated heterocycles. The first-order valence-electron chi connectivity index (χ1n) is 18.7. The van der Waals surface area contributed by atoms with E-state index >= 15 is 0 Å². The van der Waals surface area contributed by atoms with Crippen molar-refractivity contribution < 1.29 is 4.42 Å². The van der Waals surface area contributed by atoms with Gasteiger partial charge >= 0.3 is 0 Å². The third-order valence-corrected chi connectivity index (χ3v) is 11.7. The van der Waals surface area contributed by atoms with E-state index in [2.05, 4.69) is 140 Å². The highest BCUT2D eigenvalue weighted by Gasteiger charge is 2.19. The average molecular weight is 734 g/mol. The molecule has 0 fully saturated rings. The van der Waals surface area contributed by atoms with Gasteiger partial charge in [-0.25, -0.2) is 15.0 Å². The summed E-state index contributed by atoms with van der Waals surface area (Å²) in [6.07, 6.45) is 0. The van der Waals surface area contributed by atoms with Crippen molar-refractivity contribution in [1.29, 1.82) is 0 Å². The summed E-state index contributed by atoms with van der Waals surface area (Å²) in [6.45, 7) is 0. The fraction of sp³-hybridized carbons (Fsp3) is 0. The molecule has 56 heavy (non-hydrogen) atoms. The second-order valence-corrected chi connectivity index (χ2v) is 15.0. The maximum Gasteiger partial charge on any atom is 0.164 e. The Labute approximate surface area is 327 Å². The van der Waals surface area contributed by atoms with Gasteiger partial charge in [0, 0.05) is 47.6 Å². The molecule has 0 aliphatic rings. The highest BCUT2D eigenvalue weighted by molar-refractivity contribution is 7.26. The molecule has 0 saturated carbocycles. The van der Waals surface area contributed by atoms with E-state index < -0.39 is 0 Å². The van der Waals surface area contributed by atoms with Gasteiger partial charge in [-0.3, -0.25) is 0 Å². The van der Waals surface area contributed by atoms with Gasteiger partial charge in [0.05, 0.1) is 0 Å². The molecule has 3 heterocycles. The Morgan fingerprint density at radius 1 is 0.321 bits per heavy atom. The summed E-state index contributed by atoms with van der Waals surface area (Å²) in [4.78, 5) is 15.3. The van der Waals surface area contributed by atoms with Gasteiger partial charge in [-0.2, -0.15) is 0 Å². The first kappa shape index (κ1) is 32.2. The third-order valence-electron chi connectivity index (χ3n) is 10.6. The topological polar surface area (TPSA) is 51.8 Å². The highest BCUT2D eigenvalue weighted by Crippen LogP contribution is 2.43. The smallest absolute Gasteiger partial charge is 0.164 e. The summed E-state index contributed by atoms with van der Waals surface area (Å²) in [5.74, 6) is 1.83. The molecule has 11 aromatic rings. The molecule has 0 unspecified atom stereocenters. The Morgan fingerprint density at radius 3 is 1.59 bits per heavy atom. The van der Waals surface area contributed by atoms with Gasteiger partial charge in [-0.15, -0.1) is 11.3 Å². The summed E-state index contributed by atoms with van der Waals surface area (Å²) < 4.78 is 9.07. The standard InChI is InChI=1S/C51H31N3OS/c1-4-12-32(13-5-1)33-22-24-36(25-23-33)50-52-49(35-16-8-3-9-17-35)53-51(54-50)40-19-10-20-44-47(40)41-30-37(26-28-43(41)55-44)38-27-29-45-42(31-38)48-39(18-11-21-46(48)56-45)34-14-6-2-7-15-34/h1-31H. The highest BCUT2D eigenvalue weighted by atomic mass is 32.1. The Hall–Kier alpha value is -7.21. The van der Waals surface area contributed by atoms with E-state index in [4.69, 9.17) is 19.4 Å². The predicted molar refractivity (Wildman–Crippen MR) is 233 cm³/mol. The van der Waals surface area contributed by atoms with Crippen LogP contribution in [0, 0.1) is 0 Å². The van der Waals surface area contributed by atoms with Crippen molar-refractivity contribution in [2.24, 2.45) is 0 Å². The summed E-state index contributed by atoms with van der Waals surface area (Å²) in [7, 11) is 0. The number of hydrogen-bond acceptors (Lipinski definition) is 5. The van der Waals surface area contributed by atoms with Crippen molar-refractivity contribution in [3.8, 4) is 67.5 Å². The van der Waals surface area contributed by atoms with E-state index in [1.165, 1.54) is 36.9 Å². The maximum absolute atomic E-state index is 6.50. The van der Waals surface area contributed by atoms with E-state index in [-0.39, 0.29) is 0 Å². The summed E-state index contributed by atoms with van der Waals surface area (Å²) in [5, 5.41) is 4.56. The quantitative estimate of drug-likeness (QED) is 0.171. The number of hydrogen-bond donors (Lipinski definition) is 0. The van der Waals surface area contributed by atoms with Gasteiger partial charge in [-0.05, 0) is 69.8 Å². The zero-order valence-corrected chi connectivity index (χ0v) is 30.9. The molecule has 0 radical (unpaired) electrons. The van der Waals surface area contributed by atoms with Gasteiger partial charge in [0.1, 0.15) is 11.2 Å². The largest absolute Gasteiger partial charge is 0.456 e. The molecule has 0 aliphatic carbocycles. The molecule has 3 aromatic heterocycles. The minimum atomic E-state index is 0.597. The van der Waals surface area contributed by atoms with E-state index in [0.717, 1.165) is 55.3 Å². The number of rotatable bonds is 6. The summed E-state index contributed by atoms with van der Waals surface area (Å²) in [5.41, 5.74) is 11.4. The van der Waals surface area contributed by atoms with Crippen LogP contribution >= 0.6 is 11.3 Å². The summed E-state index contributed by atoms with van der Waals surface area (Å²) >= 11 is 1.84. The van der Waals surface area contributed by atoms with Gasteiger partial charge in [0.25, 0.3) is 0 Å². The van der Waals surface area contributed by atoms with Gasteiger partial charge in [0.2, 0.25) is 0 Å². The number of aromatic nitrogens is 3. The average Bonchev–Trinajstić information content (AvgIpc) is 3.85. The van der Waals surface area contributed by atoms with Crippen LogP contribution in [0.25, 0.3) is 110 Å². The first-order chi connectivity index (χ1) is 27.7. The Morgan fingerprint density at radius 2 is 0.857 bits per heavy atom. The van der Waals surface area contributed by atoms with Gasteiger partial charge < -0.3 is 4.42 Å². The van der Waals surface area contributed by atoms with E-state index in [1.54, 1.807) is 0 Å². The summed E-state index contributed by atoms with van der Waals surface area (Å²) in [6, 6.07) is 65.7. The van der Waals surface area contributed by atoms with E-state index in [0.29, 0.717) is 17.5 Å². The van der Waals surface area contributed by atoms with Crippen LogP contribution in [0.4, 0.5) is 0 Å². The van der Waals surface area contributed by atoms with Crippen molar-refractivity contribution in [1.82, 2.24) is 15.0 Å².